The van der Waals surface area contributed by atoms with Crippen LogP contribution in [-0.2, 0) is 9.59 Å². The van der Waals surface area contributed by atoms with Crippen LogP contribution >= 0.6 is 11.6 Å². The minimum absolute atomic E-state index is 0.0699. The van der Waals surface area contributed by atoms with Crippen molar-refractivity contribution in [3.05, 3.63) is 53.3 Å². The Hall–Kier alpha value is -2.60. The number of halogens is 2. The van der Waals surface area contributed by atoms with Gasteiger partial charge in [-0.2, -0.15) is 0 Å². The molecule has 0 fully saturated rings. The number of fused-ring (bicyclic) bond motifs is 1. The van der Waals surface area contributed by atoms with Gasteiger partial charge in [0.1, 0.15) is 11.6 Å². The number of carbonyl (C=O) groups excluding carboxylic acids is 2. The summed E-state index contributed by atoms with van der Waals surface area (Å²) in [7, 11) is 0. The van der Waals surface area contributed by atoms with Crippen molar-refractivity contribution in [3.63, 3.8) is 0 Å². The third-order valence-corrected chi connectivity index (χ3v) is 4.15. The van der Waals surface area contributed by atoms with Gasteiger partial charge in [0, 0.05) is 13.0 Å². The summed E-state index contributed by atoms with van der Waals surface area (Å²) in [6.45, 7) is 1.87. The number of amides is 2. The van der Waals surface area contributed by atoms with Gasteiger partial charge in [-0.1, -0.05) is 23.7 Å². The number of anilines is 2. The summed E-state index contributed by atoms with van der Waals surface area (Å²) in [5.74, 6) is -0.395. The summed E-state index contributed by atoms with van der Waals surface area (Å²) in [5, 5.41) is 2.74. The van der Waals surface area contributed by atoms with E-state index in [0.717, 1.165) is 6.07 Å². The molecule has 0 aromatic heterocycles. The molecule has 1 aliphatic heterocycles. The highest BCUT2D eigenvalue weighted by Gasteiger charge is 2.31. The first-order valence-electron chi connectivity index (χ1n) is 7.77. The van der Waals surface area contributed by atoms with Crippen molar-refractivity contribution in [3.8, 4) is 5.75 Å². The number of hydrogen-bond acceptors (Lipinski definition) is 3. The SMILES string of the molecule is CC1Oc2ccccc2N(CCC(=O)Nc2ccc(F)cc2Cl)C1=O. The Morgan fingerprint density at radius 2 is 2.08 bits per heavy atom. The lowest BCUT2D eigenvalue weighted by molar-refractivity contribution is -0.125. The summed E-state index contributed by atoms with van der Waals surface area (Å²) in [4.78, 5) is 26.1. The van der Waals surface area contributed by atoms with E-state index in [1.54, 1.807) is 25.1 Å². The van der Waals surface area contributed by atoms with Crippen LogP contribution in [0.1, 0.15) is 13.3 Å². The summed E-state index contributed by atoms with van der Waals surface area (Å²) < 4.78 is 18.6. The molecule has 25 heavy (non-hydrogen) atoms. The van der Waals surface area contributed by atoms with Gasteiger partial charge < -0.3 is 15.0 Å². The van der Waals surface area contributed by atoms with Gasteiger partial charge in [-0.3, -0.25) is 9.59 Å². The van der Waals surface area contributed by atoms with Crippen LogP contribution in [0, 0.1) is 5.82 Å². The van der Waals surface area contributed by atoms with Gasteiger partial charge in [0.2, 0.25) is 5.91 Å². The first kappa shape index (κ1) is 17.2. The minimum atomic E-state index is -0.607. The molecule has 2 aromatic carbocycles. The van der Waals surface area contributed by atoms with Gasteiger partial charge in [0.25, 0.3) is 5.91 Å². The van der Waals surface area contributed by atoms with Crippen LogP contribution < -0.4 is 15.0 Å². The Morgan fingerprint density at radius 1 is 1.32 bits per heavy atom. The molecule has 0 spiro atoms. The van der Waals surface area contributed by atoms with Crippen molar-refractivity contribution >= 4 is 34.8 Å². The van der Waals surface area contributed by atoms with Crippen LogP contribution in [-0.4, -0.2) is 24.5 Å². The maximum Gasteiger partial charge on any atom is 0.267 e. The van der Waals surface area contributed by atoms with E-state index in [4.69, 9.17) is 16.3 Å². The van der Waals surface area contributed by atoms with E-state index in [-0.39, 0.29) is 29.8 Å². The Morgan fingerprint density at radius 3 is 2.84 bits per heavy atom. The number of para-hydroxylation sites is 2. The average Bonchev–Trinajstić information content (AvgIpc) is 2.58. The van der Waals surface area contributed by atoms with Gasteiger partial charge in [0.15, 0.2) is 6.10 Å². The summed E-state index contributed by atoms with van der Waals surface area (Å²) >= 11 is 5.90. The quantitative estimate of drug-likeness (QED) is 0.903. The van der Waals surface area contributed by atoms with Crippen molar-refractivity contribution in [1.29, 1.82) is 0 Å². The summed E-state index contributed by atoms with van der Waals surface area (Å²) in [6.07, 6.45) is -0.537. The fourth-order valence-electron chi connectivity index (χ4n) is 2.61. The molecule has 130 valence electrons. The van der Waals surface area contributed by atoms with Crippen LogP contribution in [0.25, 0.3) is 0 Å². The van der Waals surface area contributed by atoms with Gasteiger partial charge in [-0.15, -0.1) is 0 Å². The highest BCUT2D eigenvalue weighted by Crippen LogP contribution is 2.33. The van der Waals surface area contributed by atoms with Crippen LogP contribution in [0.15, 0.2) is 42.5 Å². The molecule has 0 bridgehead atoms. The molecule has 2 aromatic rings. The van der Waals surface area contributed by atoms with E-state index in [1.807, 2.05) is 6.07 Å². The monoisotopic (exact) mass is 362 g/mol. The van der Waals surface area contributed by atoms with Crippen molar-refractivity contribution < 1.29 is 18.7 Å². The fourth-order valence-corrected chi connectivity index (χ4v) is 2.82. The van der Waals surface area contributed by atoms with E-state index in [0.29, 0.717) is 17.1 Å². The topological polar surface area (TPSA) is 58.6 Å². The lowest BCUT2D eigenvalue weighted by Gasteiger charge is -2.32. The largest absolute Gasteiger partial charge is 0.479 e. The third kappa shape index (κ3) is 3.74. The lowest BCUT2D eigenvalue weighted by Crippen LogP contribution is -2.45. The molecule has 1 atom stereocenters. The first-order chi connectivity index (χ1) is 12.0. The molecule has 3 rings (SSSR count). The molecule has 2 amide bonds. The van der Waals surface area contributed by atoms with E-state index >= 15 is 0 Å². The second-order valence-corrected chi connectivity index (χ2v) is 6.05. The molecule has 5 nitrogen and oxygen atoms in total. The Labute approximate surface area is 149 Å². The van der Waals surface area contributed by atoms with Crippen molar-refractivity contribution in [2.45, 2.75) is 19.4 Å². The lowest BCUT2D eigenvalue weighted by atomic mass is 10.1. The molecular formula is C18H16ClFN2O3. The first-order valence-corrected chi connectivity index (χ1v) is 8.15. The van der Waals surface area contributed by atoms with Gasteiger partial charge in [-0.25, -0.2) is 4.39 Å². The van der Waals surface area contributed by atoms with Crippen LogP contribution in [0.4, 0.5) is 15.8 Å². The molecule has 7 heteroatoms. The number of ether oxygens (including phenoxy) is 1. The molecule has 0 saturated heterocycles. The number of carbonyl (C=O) groups is 2. The number of benzene rings is 2. The van der Waals surface area contributed by atoms with Crippen LogP contribution in [0.3, 0.4) is 0 Å². The zero-order valence-corrected chi connectivity index (χ0v) is 14.2. The average molecular weight is 363 g/mol. The molecule has 1 N–H and O–H groups in total. The van der Waals surface area contributed by atoms with Gasteiger partial charge in [-0.05, 0) is 37.3 Å². The zero-order valence-electron chi connectivity index (χ0n) is 13.5. The summed E-state index contributed by atoms with van der Waals surface area (Å²) in [5.41, 5.74) is 0.966. The number of hydrogen-bond donors (Lipinski definition) is 1. The molecule has 1 aliphatic rings. The highest BCUT2D eigenvalue weighted by atomic mass is 35.5. The highest BCUT2D eigenvalue weighted by molar-refractivity contribution is 6.33. The van der Waals surface area contributed by atoms with E-state index in [2.05, 4.69) is 5.32 Å². The molecular weight excluding hydrogens is 347 g/mol. The zero-order chi connectivity index (χ0) is 18.0. The predicted octanol–water partition coefficient (Wildman–Crippen LogP) is 3.62. The second-order valence-electron chi connectivity index (χ2n) is 5.64. The minimum Gasteiger partial charge on any atom is -0.479 e. The van der Waals surface area contributed by atoms with Gasteiger partial charge in [0.05, 0.1) is 16.4 Å². The molecule has 0 saturated carbocycles. The normalized spacial score (nSPS) is 16.2. The maximum atomic E-state index is 13.0. The predicted molar refractivity (Wildman–Crippen MR) is 93.5 cm³/mol. The van der Waals surface area contributed by atoms with E-state index < -0.39 is 11.9 Å². The number of nitrogens with zero attached hydrogens (tertiary/aromatic N) is 1. The maximum absolute atomic E-state index is 13.0. The smallest absolute Gasteiger partial charge is 0.267 e. The molecule has 0 aliphatic carbocycles. The van der Waals surface area contributed by atoms with E-state index in [9.17, 15) is 14.0 Å². The van der Waals surface area contributed by atoms with Gasteiger partial charge >= 0.3 is 0 Å². The van der Waals surface area contributed by atoms with Crippen molar-refractivity contribution in [2.75, 3.05) is 16.8 Å². The number of rotatable bonds is 4. The summed E-state index contributed by atoms with van der Waals surface area (Å²) in [6, 6.07) is 10.9. The molecule has 1 unspecified atom stereocenters. The Kier molecular flexibility index (Phi) is 4.90. The Bertz CT molecular complexity index is 828. The number of nitrogens with one attached hydrogen (secondary N) is 1. The van der Waals surface area contributed by atoms with E-state index in [1.165, 1.54) is 17.0 Å². The van der Waals surface area contributed by atoms with Crippen LogP contribution in [0.5, 0.6) is 5.75 Å². The second kappa shape index (κ2) is 7.11. The van der Waals surface area contributed by atoms with Crippen molar-refractivity contribution in [1.82, 2.24) is 0 Å². The fraction of sp³-hybridized carbons (Fsp3) is 0.222. The van der Waals surface area contributed by atoms with Crippen molar-refractivity contribution in [2.24, 2.45) is 0 Å². The standard InChI is InChI=1S/C18H16ClFN2O3/c1-11-18(24)22(15-4-2-3-5-16(15)25-11)9-8-17(23)21-14-7-6-12(20)10-13(14)19/h2-7,10-11H,8-9H2,1H3,(H,21,23). The Balaban J connectivity index is 1.68. The molecule has 1 heterocycles. The third-order valence-electron chi connectivity index (χ3n) is 3.84. The molecule has 0 radical (unpaired) electrons. The van der Waals surface area contributed by atoms with Crippen LogP contribution in [0.2, 0.25) is 5.02 Å².